The van der Waals surface area contributed by atoms with Crippen molar-refractivity contribution >= 4 is 8.07 Å². The molecule has 0 aromatic rings. The predicted molar refractivity (Wildman–Crippen MR) is 65.6 cm³/mol. The van der Waals surface area contributed by atoms with Gasteiger partial charge in [-0.05, 0) is 18.1 Å². The van der Waals surface area contributed by atoms with Gasteiger partial charge in [0.25, 0.3) is 8.07 Å². The van der Waals surface area contributed by atoms with Crippen LogP contribution in [0.2, 0.25) is 18.1 Å². The van der Waals surface area contributed by atoms with Crippen LogP contribution in [0, 0.1) is 11.5 Å². The summed E-state index contributed by atoms with van der Waals surface area (Å²) in [6, 6.07) is 6.98. The fraction of sp³-hybridized carbons (Fsp3) is 0.917. The summed E-state index contributed by atoms with van der Waals surface area (Å²) in [6.07, 6.45) is 1.30. The van der Waals surface area contributed by atoms with E-state index in [4.69, 9.17) is 0 Å². The summed E-state index contributed by atoms with van der Waals surface area (Å²) in [5.41, 5.74) is 0.484. The van der Waals surface area contributed by atoms with Crippen LogP contribution >= 0.6 is 0 Å². The van der Waals surface area contributed by atoms with Gasteiger partial charge in [0.2, 0.25) is 0 Å². The molecule has 0 radical (unpaired) electrons. The Morgan fingerprint density at radius 3 is 1.54 bits per heavy atom. The summed E-state index contributed by atoms with van der Waals surface area (Å²) in [4.78, 5) is 0. The largest absolute Gasteiger partial charge is 0.267 e. The first-order valence-electron chi connectivity index (χ1n) is 5.73. The van der Waals surface area contributed by atoms with E-state index in [1.807, 2.05) is 0 Å². The summed E-state index contributed by atoms with van der Waals surface area (Å²) in [5, 5.41) is 0. The molecule has 0 heterocycles. The van der Waals surface area contributed by atoms with Crippen LogP contribution in [0.1, 0.15) is 48.0 Å². The lowest BCUT2D eigenvalue weighted by Crippen LogP contribution is -2.33. The molecule has 0 aliphatic carbocycles. The highest BCUT2D eigenvalue weighted by molar-refractivity contribution is 6.82. The Morgan fingerprint density at radius 2 is 1.31 bits per heavy atom. The molecule has 0 N–H and O–H groups in total. The van der Waals surface area contributed by atoms with E-state index in [9.17, 15) is 0 Å². The molecule has 13 heavy (non-hydrogen) atoms. The zero-order chi connectivity index (χ0) is 10.5. The van der Waals surface area contributed by atoms with Crippen LogP contribution in [0.5, 0.6) is 0 Å². The van der Waals surface area contributed by atoms with Crippen molar-refractivity contribution in [1.82, 2.24) is 0 Å². The number of hydrogen-bond donors (Lipinski definition) is 0. The Morgan fingerprint density at radius 1 is 0.923 bits per heavy atom. The minimum atomic E-state index is -0.952. The molecule has 0 aliphatic heterocycles. The molecule has 0 unspecified atom stereocenters. The van der Waals surface area contributed by atoms with E-state index in [2.05, 4.69) is 47.6 Å². The predicted octanol–water partition coefficient (Wildman–Crippen LogP) is 4.67. The van der Waals surface area contributed by atoms with E-state index in [0.717, 1.165) is 0 Å². The molecule has 0 bridgehead atoms. The third-order valence-electron chi connectivity index (χ3n) is 3.26. The molecule has 0 aliphatic rings. The fourth-order valence-electron chi connectivity index (χ4n) is 1.71. The van der Waals surface area contributed by atoms with E-state index >= 15 is 0 Å². The highest BCUT2D eigenvalue weighted by Crippen LogP contribution is 2.30. The van der Waals surface area contributed by atoms with Gasteiger partial charge in [0.1, 0.15) is 0 Å². The number of rotatable bonds is 5. The van der Waals surface area contributed by atoms with Crippen LogP contribution in [0.3, 0.4) is 0 Å². The molecule has 0 amide bonds. The molecule has 1 heteroatoms. The Balaban J connectivity index is 4.11. The van der Waals surface area contributed by atoms with Gasteiger partial charge >= 0.3 is 0 Å². The molecule has 0 nitrogen and oxygen atoms in total. The van der Waals surface area contributed by atoms with Crippen molar-refractivity contribution < 1.29 is 0 Å². The first kappa shape index (κ1) is 13.1. The summed E-state index contributed by atoms with van der Waals surface area (Å²) >= 11 is 0. The van der Waals surface area contributed by atoms with Crippen LogP contribution in [-0.4, -0.2) is 8.07 Å². The maximum absolute atomic E-state index is 2.70. The van der Waals surface area contributed by atoms with Gasteiger partial charge < -0.3 is 0 Å². The lowest BCUT2D eigenvalue weighted by molar-refractivity contribution is 0.412. The molecule has 0 spiro atoms. The molecule has 0 fully saturated rings. The molecule has 0 aromatic carbocycles. The van der Waals surface area contributed by atoms with Crippen LogP contribution < -0.4 is 0 Å². The molecular formula is C12H27Si+. The van der Waals surface area contributed by atoms with Crippen molar-refractivity contribution in [3.63, 3.8) is 0 Å². The fourth-order valence-corrected chi connectivity index (χ4v) is 5.12. The highest BCUT2D eigenvalue weighted by atomic mass is 28.3. The smallest absolute Gasteiger partial charge is 0.0638 e. The van der Waals surface area contributed by atoms with Crippen molar-refractivity contribution in [2.75, 3.05) is 0 Å². The SMILES string of the molecule is CC[Si]([CH+]CC(C)(C)C)(CC)CC. The summed E-state index contributed by atoms with van der Waals surface area (Å²) < 4.78 is 0. The molecule has 0 rings (SSSR count). The van der Waals surface area contributed by atoms with Gasteiger partial charge in [-0.15, -0.1) is 0 Å². The second-order valence-corrected chi connectivity index (χ2v) is 10.6. The second-order valence-electron chi connectivity index (χ2n) is 5.39. The minimum absolute atomic E-state index is 0.484. The van der Waals surface area contributed by atoms with Gasteiger partial charge in [-0.2, -0.15) is 0 Å². The molecule has 0 atom stereocenters. The third kappa shape index (κ3) is 4.75. The number of hydrogen-bond acceptors (Lipinski definition) is 0. The van der Waals surface area contributed by atoms with Crippen LogP contribution in [-0.2, 0) is 0 Å². The second kappa shape index (κ2) is 5.09. The third-order valence-corrected chi connectivity index (χ3v) is 8.55. The van der Waals surface area contributed by atoms with Crippen molar-refractivity contribution in [3.05, 3.63) is 6.04 Å². The Kier molecular flexibility index (Phi) is 5.12. The van der Waals surface area contributed by atoms with Crippen LogP contribution in [0.25, 0.3) is 0 Å². The topological polar surface area (TPSA) is 0 Å². The summed E-state index contributed by atoms with van der Waals surface area (Å²) in [5.74, 6) is 0. The molecule has 0 aromatic heterocycles. The van der Waals surface area contributed by atoms with Gasteiger partial charge in [-0.1, -0.05) is 41.5 Å². The zero-order valence-corrected chi connectivity index (χ0v) is 11.4. The van der Waals surface area contributed by atoms with Gasteiger partial charge in [0.05, 0.1) is 6.42 Å². The molecule has 0 saturated heterocycles. The standard InChI is InChI=1S/C12H27Si/c1-7-13(8-2,9-3)11-10-12(4,5)6/h11H,7-10H2,1-6H3/q+1. The van der Waals surface area contributed by atoms with Gasteiger partial charge in [0, 0.05) is 11.5 Å². The first-order valence-corrected chi connectivity index (χ1v) is 8.43. The van der Waals surface area contributed by atoms with Crippen LogP contribution in [0.4, 0.5) is 0 Å². The Bertz CT molecular complexity index is 120. The minimum Gasteiger partial charge on any atom is -0.0638 e. The maximum Gasteiger partial charge on any atom is 0.267 e. The summed E-state index contributed by atoms with van der Waals surface area (Å²) in [7, 11) is -0.952. The van der Waals surface area contributed by atoms with Crippen molar-refractivity contribution in [2.24, 2.45) is 5.41 Å². The highest BCUT2D eigenvalue weighted by Gasteiger charge is 2.39. The van der Waals surface area contributed by atoms with Gasteiger partial charge in [-0.25, -0.2) is 0 Å². The Hall–Kier alpha value is 0.0869. The maximum atomic E-state index is 2.70. The average molecular weight is 199 g/mol. The first-order chi connectivity index (χ1) is 5.89. The lowest BCUT2D eigenvalue weighted by atomic mass is 9.94. The Labute approximate surface area is 86.1 Å². The monoisotopic (exact) mass is 199 g/mol. The van der Waals surface area contributed by atoms with Crippen molar-refractivity contribution in [2.45, 2.75) is 66.1 Å². The zero-order valence-electron chi connectivity index (χ0n) is 10.4. The van der Waals surface area contributed by atoms with E-state index in [-0.39, 0.29) is 0 Å². The summed E-state index contributed by atoms with van der Waals surface area (Å²) in [6.45, 7) is 14.1. The van der Waals surface area contributed by atoms with E-state index in [1.54, 1.807) is 0 Å². The molecular weight excluding hydrogens is 172 g/mol. The van der Waals surface area contributed by atoms with Crippen molar-refractivity contribution in [1.29, 1.82) is 0 Å². The average Bonchev–Trinajstić information content (AvgIpc) is 2.06. The van der Waals surface area contributed by atoms with E-state index in [1.165, 1.54) is 24.6 Å². The van der Waals surface area contributed by atoms with Crippen LogP contribution in [0.15, 0.2) is 0 Å². The lowest BCUT2D eigenvalue weighted by Gasteiger charge is -2.22. The van der Waals surface area contributed by atoms with Crippen molar-refractivity contribution in [3.8, 4) is 0 Å². The molecule has 78 valence electrons. The molecule has 0 saturated carbocycles. The van der Waals surface area contributed by atoms with Gasteiger partial charge in [-0.3, -0.25) is 0 Å². The normalized spacial score (nSPS) is 13.1. The van der Waals surface area contributed by atoms with Gasteiger partial charge in [0.15, 0.2) is 0 Å². The van der Waals surface area contributed by atoms with E-state index < -0.39 is 8.07 Å². The quantitative estimate of drug-likeness (QED) is 0.446. The van der Waals surface area contributed by atoms with E-state index in [0.29, 0.717) is 5.41 Å².